The number of para-hydroxylation sites is 1. The third-order valence-electron chi connectivity index (χ3n) is 3.11. The lowest BCUT2D eigenvalue weighted by molar-refractivity contribution is 0.308. The molecule has 1 aromatic carbocycles. The van der Waals surface area contributed by atoms with E-state index in [4.69, 9.17) is 9.47 Å². The van der Waals surface area contributed by atoms with Gasteiger partial charge in [-0.15, -0.1) is 11.3 Å². The minimum absolute atomic E-state index is 0.631. The van der Waals surface area contributed by atoms with Crippen molar-refractivity contribution in [3.63, 3.8) is 0 Å². The van der Waals surface area contributed by atoms with Crippen molar-refractivity contribution < 1.29 is 9.47 Å². The van der Waals surface area contributed by atoms with Gasteiger partial charge in [-0.25, -0.2) is 4.98 Å². The van der Waals surface area contributed by atoms with E-state index in [1.165, 1.54) is 4.88 Å². The molecule has 1 aromatic heterocycles. The van der Waals surface area contributed by atoms with Gasteiger partial charge in [-0.2, -0.15) is 0 Å². The third kappa shape index (κ3) is 4.19. The summed E-state index contributed by atoms with van der Waals surface area (Å²) in [6, 6.07) is 5.97. The van der Waals surface area contributed by atoms with Gasteiger partial charge >= 0.3 is 0 Å². The fraction of sp³-hybridized carbons (Fsp3) is 0.438. The second-order valence-electron chi connectivity index (χ2n) is 4.56. The molecule has 0 saturated carbocycles. The van der Waals surface area contributed by atoms with Crippen LogP contribution >= 0.6 is 11.3 Å². The molecule has 0 unspecified atom stereocenters. The van der Waals surface area contributed by atoms with Crippen LogP contribution in [-0.4, -0.2) is 18.7 Å². The second-order valence-corrected chi connectivity index (χ2v) is 5.76. The van der Waals surface area contributed by atoms with Crippen molar-refractivity contribution in [3.05, 3.63) is 39.8 Å². The molecule has 0 aliphatic heterocycles. The van der Waals surface area contributed by atoms with Crippen molar-refractivity contribution in [2.24, 2.45) is 0 Å². The minimum Gasteiger partial charge on any atom is -0.493 e. The SMILES string of the molecule is CCOc1cccc(CNCc2ncc(CC)s2)c1OC. The van der Waals surface area contributed by atoms with Gasteiger partial charge in [0, 0.05) is 29.7 Å². The molecule has 0 bridgehead atoms. The Bertz CT molecular complexity index is 569. The number of aryl methyl sites for hydroxylation is 1. The van der Waals surface area contributed by atoms with E-state index in [1.54, 1.807) is 18.4 Å². The molecule has 0 aliphatic carbocycles. The number of rotatable bonds is 8. The number of thiazole rings is 1. The molecule has 0 amide bonds. The normalized spacial score (nSPS) is 10.6. The van der Waals surface area contributed by atoms with Crippen LogP contribution in [0, 0.1) is 0 Å². The van der Waals surface area contributed by atoms with Gasteiger partial charge in [0.25, 0.3) is 0 Å². The molecule has 0 saturated heterocycles. The molecule has 0 aliphatic rings. The highest BCUT2D eigenvalue weighted by Crippen LogP contribution is 2.31. The van der Waals surface area contributed by atoms with Crippen LogP contribution in [0.2, 0.25) is 0 Å². The predicted octanol–water partition coefficient (Wildman–Crippen LogP) is 3.40. The fourth-order valence-corrected chi connectivity index (χ4v) is 2.93. The molecule has 0 atom stereocenters. The Kier molecular flexibility index (Phi) is 6.02. The van der Waals surface area contributed by atoms with Crippen molar-refractivity contribution in [2.45, 2.75) is 33.4 Å². The molecule has 4 nitrogen and oxygen atoms in total. The molecule has 114 valence electrons. The summed E-state index contributed by atoms with van der Waals surface area (Å²) < 4.78 is 11.1. The van der Waals surface area contributed by atoms with E-state index in [9.17, 15) is 0 Å². The minimum atomic E-state index is 0.631. The van der Waals surface area contributed by atoms with Gasteiger partial charge < -0.3 is 14.8 Å². The highest BCUT2D eigenvalue weighted by atomic mass is 32.1. The van der Waals surface area contributed by atoms with Crippen LogP contribution < -0.4 is 14.8 Å². The predicted molar refractivity (Wildman–Crippen MR) is 86.2 cm³/mol. The smallest absolute Gasteiger partial charge is 0.165 e. The van der Waals surface area contributed by atoms with Crippen molar-refractivity contribution in [3.8, 4) is 11.5 Å². The summed E-state index contributed by atoms with van der Waals surface area (Å²) in [5.41, 5.74) is 1.09. The summed E-state index contributed by atoms with van der Waals surface area (Å²) in [6.45, 7) is 6.25. The summed E-state index contributed by atoms with van der Waals surface area (Å²) >= 11 is 1.76. The van der Waals surface area contributed by atoms with Crippen molar-refractivity contribution >= 4 is 11.3 Å². The number of nitrogens with zero attached hydrogens (tertiary/aromatic N) is 1. The van der Waals surface area contributed by atoms with E-state index in [-0.39, 0.29) is 0 Å². The first kappa shape index (κ1) is 15.8. The highest BCUT2D eigenvalue weighted by molar-refractivity contribution is 7.11. The van der Waals surface area contributed by atoms with Gasteiger partial charge in [-0.05, 0) is 19.4 Å². The van der Waals surface area contributed by atoms with Gasteiger partial charge in [-0.3, -0.25) is 0 Å². The standard InChI is InChI=1S/C16H22N2O2S/c1-4-13-10-18-15(21-13)11-17-9-12-7-6-8-14(20-5-2)16(12)19-3/h6-8,10,17H,4-5,9,11H2,1-3H3. The van der Waals surface area contributed by atoms with Crippen LogP contribution in [0.5, 0.6) is 11.5 Å². The Hall–Kier alpha value is -1.59. The highest BCUT2D eigenvalue weighted by Gasteiger charge is 2.09. The first-order valence-corrected chi connectivity index (χ1v) is 8.03. The van der Waals surface area contributed by atoms with E-state index in [1.807, 2.05) is 31.3 Å². The summed E-state index contributed by atoms with van der Waals surface area (Å²) in [5, 5.41) is 4.53. The summed E-state index contributed by atoms with van der Waals surface area (Å²) in [6.07, 6.45) is 3.00. The lowest BCUT2D eigenvalue weighted by Gasteiger charge is -2.13. The number of ether oxygens (including phenoxy) is 2. The van der Waals surface area contributed by atoms with E-state index in [0.29, 0.717) is 6.61 Å². The number of benzene rings is 1. The molecule has 1 heterocycles. The first-order chi connectivity index (χ1) is 10.3. The zero-order valence-electron chi connectivity index (χ0n) is 12.8. The first-order valence-electron chi connectivity index (χ1n) is 7.21. The van der Waals surface area contributed by atoms with E-state index in [0.717, 1.165) is 41.6 Å². The second kappa shape index (κ2) is 8.00. The van der Waals surface area contributed by atoms with Crippen LogP contribution in [0.15, 0.2) is 24.4 Å². The quantitative estimate of drug-likeness (QED) is 0.812. The van der Waals surface area contributed by atoms with Gasteiger partial charge in [0.2, 0.25) is 0 Å². The zero-order chi connectivity index (χ0) is 15.1. The number of methoxy groups -OCH3 is 1. The van der Waals surface area contributed by atoms with Crippen molar-refractivity contribution in [1.82, 2.24) is 10.3 Å². The Morgan fingerprint density at radius 2 is 2.10 bits per heavy atom. The maximum absolute atomic E-state index is 5.59. The van der Waals surface area contributed by atoms with E-state index in [2.05, 4.69) is 17.2 Å². The van der Waals surface area contributed by atoms with Gasteiger partial charge in [0.15, 0.2) is 11.5 Å². The monoisotopic (exact) mass is 306 g/mol. The zero-order valence-corrected chi connectivity index (χ0v) is 13.6. The van der Waals surface area contributed by atoms with Crippen LogP contribution in [-0.2, 0) is 19.5 Å². The lowest BCUT2D eigenvalue weighted by atomic mass is 10.2. The molecular weight excluding hydrogens is 284 g/mol. The topological polar surface area (TPSA) is 43.4 Å². The molecule has 5 heteroatoms. The molecule has 0 fully saturated rings. The van der Waals surface area contributed by atoms with E-state index >= 15 is 0 Å². The Balaban J connectivity index is 1.97. The van der Waals surface area contributed by atoms with Crippen LogP contribution in [0.25, 0.3) is 0 Å². The molecular formula is C16H22N2O2S. The Labute approximate surface area is 130 Å². The average Bonchev–Trinajstić information content (AvgIpc) is 2.96. The maximum Gasteiger partial charge on any atom is 0.165 e. The lowest BCUT2D eigenvalue weighted by Crippen LogP contribution is -2.13. The number of nitrogens with one attached hydrogen (secondary N) is 1. The Morgan fingerprint density at radius 1 is 1.24 bits per heavy atom. The number of aromatic nitrogens is 1. The largest absolute Gasteiger partial charge is 0.493 e. The summed E-state index contributed by atoms with van der Waals surface area (Å²) in [7, 11) is 1.68. The molecule has 2 aromatic rings. The molecule has 2 rings (SSSR count). The molecule has 1 N–H and O–H groups in total. The van der Waals surface area contributed by atoms with Gasteiger partial charge in [0.1, 0.15) is 5.01 Å². The number of hydrogen-bond acceptors (Lipinski definition) is 5. The van der Waals surface area contributed by atoms with Gasteiger partial charge in [-0.1, -0.05) is 19.1 Å². The van der Waals surface area contributed by atoms with E-state index < -0.39 is 0 Å². The third-order valence-corrected chi connectivity index (χ3v) is 4.25. The molecule has 0 radical (unpaired) electrons. The van der Waals surface area contributed by atoms with Crippen LogP contribution in [0.1, 0.15) is 29.3 Å². The Morgan fingerprint density at radius 3 is 2.76 bits per heavy atom. The maximum atomic E-state index is 5.59. The van der Waals surface area contributed by atoms with Crippen LogP contribution in [0.4, 0.5) is 0 Å². The van der Waals surface area contributed by atoms with Crippen molar-refractivity contribution in [1.29, 1.82) is 0 Å². The summed E-state index contributed by atoms with van der Waals surface area (Å²) in [5.74, 6) is 1.60. The molecule has 0 spiro atoms. The van der Waals surface area contributed by atoms with Crippen molar-refractivity contribution in [2.75, 3.05) is 13.7 Å². The average molecular weight is 306 g/mol. The number of hydrogen-bond donors (Lipinski definition) is 1. The molecule has 21 heavy (non-hydrogen) atoms. The van der Waals surface area contributed by atoms with Gasteiger partial charge in [0.05, 0.1) is 13.7 Å². The fourth-order valence-electron chi connectivity index (χ4n) is 2.10. The van der Waals surface area contributed by atoms with Crippen LogP contribution in [0.3, 0.4) is 0 Å². The summed E-state index contributed by atoms with van der Waals surface area (Å²) in [4.78, 5) is 5.73.